The lowest BCUT2D eigenvalue weighted by Crippen LogP contribution is -2.37. The third-order valence-corrected chi connectivity index (χ3v) is 4.12. The third-order valence-electron chi connectivity index (χ3n) is 3.85. The van der Waals surface area contributed by atoms with Crippen molar-refractivity contribution in [1.82, 2.24) is 9.97 Å². The Labute approximate surface area is 118 Å². The van der Waals surface area contributed by atoms with Crippen molar-refractivity contribution in [3.8, 4) is 0 Å². The Morgan fingerprint density at radius 2 is 2.05 bits per heavy atom. The molecule has 3 rings (SSSR count). The average Bonchev–Trinajstić information content (AvgIpc) is 2.46. The molecular formula is C15H16ClN3. The second kappa shape index (κ2) is 5.17. The molecule has 1 aliphatic rings. The van der Waals surface area contributed by atoms with Crippen LogP contribution >= 0.6 is 11.6 Å². The first-order valence-corrected chi connectivity index (χ1v) is 6.88. The summed E-state index contributed by atoms with van der Waals surface area (Å²) >= 11 is 6.17. The van der Waals surface area contributed by atoms with Crippen molar-refractivity contribution in [1.29, 1.82) is 0 Å². The summed E-state index contributed by atoms with van der Waals surface area (Å²) in [5.74, 6) is 0.820. The lowest BCUT2D eigenvalue weighted by molar-refractivity contribution is 0.544. The minimum atomic E-state index is 0.447. The zero-order valence-corrected chi connectivity index (χ0v) is 11.6. The van der Waals surface area contributed by atoms with Crippen LogP contribution in [-0.4, -0.2) is 23.1 Å². The van der Waals surface area contributed by atoms with Crippen molar-refractivity contribution in [2.75, 3.05) is 11.9 Å². The number of rotatable bonds is 2. The number of hydrogen-bond donors (Lipinski definition) is 0. The molecule has 0 aliphatic heterocycles. The van der Waals surface area contributed by atoms with Crippen molar-refractivity contribution in [3.63, 3.8) is 0 Å². The Bertz CT molecular complexity index is 585. The van der Waals surface area contributed by atoms with Gasteiger partial charge >= 0.3 is 0 Å². The van der Waals surface area contributed by atoms with Gasteiger partial charge in [-0.1, -0.05) is 35.9 Å². The second-order valence-corrected chi connectivity index (χ2v) is 5.38. The van der Waals surface area contributed by atoms with E-state index in [9.17, 15) is 0 Å². The molecule has 98 valence electrons. The van der Waals surface area contributed by atoms with Crippen LogP contribution in [-0.2, 0) is 12.8 Å². The van der Waals surface area contributed by atoms with E-state index < -0.39 is 0 Å². The van der Waals surface area contributed by atoms with Crippen LogP contribution in [0, 0.1) is 0 Å². The van der Waals surface area contributed by atoms with Gasteiger partial charge in [-0.2, -0.15) is 0 Å². The van der Waals surface area contributed by atoms with Crippen LogP contribution in [0.3, 0.4) is 0 Å². The monoisotopic (exact) mass is 273 g/mol. The SMILES string of the molecule is CN(c1ncncc1Cl)C1CCc2ccccc2C1. The maximum Gasteiger partial charge on any atom is 0.150 e. The zero-order valence-electron chi connectivity index (χ0n) is 10.9. The van der Waals surface area contributed by atoms with E-state index in [1.54, 1.807) is 12.5 Å². The molecule has 1 unspecified atom stereocenters. The highest BCUT2D eigenvalue weighted by molar-refractivity contribution is 6.32. The molecule has 0 bridgehead atoms. The first-order chi connectivity index (χ1) is 9.25. The van der Waals surface area contributed by atoms with Gasteiger partial charge in [0.15, 0.2) is 5.82 Å². The molecule has 1 atom stereocenters. The molecule has 2 aromatic rings. The van der Waals surface area contributed by atoms with Crippen molar-refractivity contribution < 1.29 is 0 Å². The van der Waals surface area contributed by atoms with Crippen LogP contribution < -0.4 is 4.90 Å². The predicted molar refractivity (Wildman–Crippen MR) is 77.7 cm³/mol. The number of aryl methyl sites for hydroxylation is 1. The fourth-order valence-electron chi connectivity index (χ4n) is 2.75. The Balaban J connectivity index is 1.83. The van der Waals surface area contributed by atoms with E-state index in [1.807, 2.05) is 0 Å². The van der Waals surface area contributed by atoms with Gasteiger partial charge < -0.3 is 4.90 Å². The second-order valence-electron chi connectivity index (χ2n) is 4.97. The largest absolute Gasteiger partial charge is 0.355 e. The molecule has 0 fully saturated rings. The van der Waals surface area contributed by atoms with Crippen molar-refractivity contribution in [3.05, 3.63) is 52.9 Å². The predicted octanol–water partition coefficient (Wildman–Crippen LogP) is 3.12. The smallest absolute Gasteiger partial charge is 0.150 e. The lowest BCUT2D eigenvalue weighted by atomic mass is 9.88. The molecule has 1 heterocycles. The fourth-order valence-corrected chi connectivity index (χ4v) is 2.99. The van der Waals surface area contributed by atoms with Gasteiger partial charge in [0.25, 0.3) is 0 Å². The average molecular weight is 274 g/mol. The van der Waals surface area contributed by atoms with Gasteiger partial charge in [0.2, 0.25) is 0 Å². The minimum Gasteiger partial charge on any atom is -0.355 e. The van der Waals surface area contributed by atoms with Gasteiger partial charge in [-0.15, -0.1) is 0 Å². The van der Waals surface area contributed by atoms with Gasteiger partial charge in [-0.05, 0) is 30.4 Å². The molecule has 1 aromatic carbocycles. The van der Waals surface area contributed by atoms with E-state index >= 15 is 0 Å². The number of aromatic nitrogens is 2. The fraction of sp³-hybridized carbons (Fsp3) is 0.333. The summed E-state index contributed by atoms with van der Waals surface area (Å²) in [4.78, 5) is 10.4. The van der Waals surface area contributed by atoms with Crippen LogP contribution in [0.4, 0.5) is 5.82 Å². The maximum absolute atomic E-state index is 6.17. The van der Waals surface area contributed by atoms with Crippen molar-refractivity contribution >= 4 is 17.4 Å². The molecule has 1 aliphatic carbocycles. The Hall–Kier alpha value is -1.61. The molecule has 0 saturated heterocycles. The Kier molecular flexibility index (Phi) is 3.38. The normalized spacial score (nSPS) is 17.9. The van der Waals surface area contributed by atoms with Crippen molar-refractivity contribution in [2.45, 2.75) is 25.3 Å². The number of fused-ring (bicyclic) bond motifs is 1. The first kappa shape index (κ1) is 12.4. The molecule has 1 aromatic heterocycles. The lowest BCUT2D eigenvalue weighted by Gasteiger charge is -2.33. The molecule has 0 N–H and O–H groups in total. The van der Waals surface area contributed by atoms with Gasteiger partial charge in [-0.3, -0.25) is 0 Å². The van der Waals surface area contributed by atoms with Crippen LogP contribution in [0.2, 0.25) is 5.02 Å². The molecule has 0 spiro atoms. The molecule has 19 heavy (non-hydrogen) atoms. The number of halogens is 1. The van der Waals surface area contributed by atoms with E-state index in [2.05, 4.69) is 46.2 Å². The highest BCUT2D eigenvalue weighted by atomic mass is 35.5. The van der Waals surface area contributed by atoms with E-state index in [-0.39, 0.29) is 0 Å². The van der Waals surface area contributed by atoms with Crippen molar-refractivity contribution in [2.24, 2.45) is 0 Å². The van der Waals surface area contributed by atoms with Crippen LogP contribution in [0.15, 0.2) is 36.8 Å². The first-order valence-electron chi connectivity index (χ1n) is 6.51. The summed E-state index contributed by atoms with van der Waals surface area (Å²) in [7, 11) is 2.06. The summed E-state index contributed by atoms with van der Waals surface area (Å²) in [6.45, 7) is 0. The zero-order chi connectivity index (χ0) is 13.2. The molecular weight excluding hydrogens is 258 g/mol. The Morgan fingerprint density at radius 1 is 1.26 bits per heavy atom. The topological polar surface area (TPSA) is 29.0 Å². The molecule has 0 amide bonds. The van der Waals surface area contributed by atoms with E-state index in [4.69, 9.17) is 11.6 Å². The molecule has 4 heteroatoms. The maximum atomic E-state index is 6.17. The summed E-state index contributed by atoms with van der Waals surface area (Å²) in [5, 5.41) is 0.615. The van der Waals surface area contributed by atoms with Gasteiger partial charge in [0, 0.05) is 13.1 Å². The van der Waals surface area contributed by atoms with Gasteiger partial charge in [-0.25, -0.2) is 9.97 Å². The van der Waals surface area contributed by atoms with Gasteiger partial charge in [0.05, 0.1) is 6.20 Å². The number of anilines is 1. The van der Waals surface area contributed by atoms with E-state index in [0.717, 1.165) is 25.1 Å². The summed E-state index contributed by atoms with van der Waals surface area (Å²) < 4.78 is 0. The van der Waals surface area contributed by atoms with Gasteiger partial charge in [0.1, 0.15) is 11.3 Å². The number of likely N-dealkylation sites (N-methyl/N-ethyl adjacent to an activating group) is 1. The molecule has 0 saturated carbocycles. The van der Waals surface area contributed by atoms with Crippen LogP contribution in [0.5, 0.6) is 0 Å². The van der Waals surface area contributed by atoms with Crippen LogP contribution in [0.1, 0.15) is 17.5 Å². The summed E-state index contributed by atoms with van der Waals surface area (Å²) in [5.41, 5.74) is 2.91. The highest BCUT2D eigenvalue weighted by Gasteiger charge is 2.23. The van der Waals surface area contributed by atoms with E-state index in [1.165, 1.54) is 11.1 Å². The number of nitrogens with zero attached hydrogens (tertiary/aromatic N) is 3. The number of hydrogen-bond acceptors (Lipinski definition) is 3. The third kappa shape index (κ3) is 2.43. The standard InChI is InChI=1S/C15H16ClN3/c1-19(15-14(16)9-17-10-18-15)13-7-6-11-4-2-3-5-12(11)8-13/h2-5,9-10,13H,6-8H2,1H3. The van der Waals surface area contributed by atoms with E-state index in [0.29, 0.717) is 11.1 Å². The molecule has 0 radical (unpaired) electrons. The summed E-state index contributed by atoms with van der Waals surface area (Å²) in [6.07, 6.45) is 6.50. The number of benzene rings is 1. The highest BCUT2D eigenvalue weighted by Crippen LogP contribution is 2.28. The summed E-state index contributed by atoms with van der Waals surface area (Å²) in [6, 6.07) is 9.12. The quantitative estimate of drug-likeness (QED) is 0.842. The molecule has 3 nitrogen and oxygen atoms in total. The Morgan fingerprint density at radius 3 is 2.84 bits per heavy atom. The van der Waals surface area contributed by atoms with Crippen LogP contribution in [0.25, 0.3) is 0 Å². The minimum absolute atomic E-state index is 0.447.